The Morgan fingerprint density at radius 2 is 2.06 bits per heavy atom. The highest BCUT2D eigenvalue weighted by Gasteiger charge is 2.12. The number of carbonyl (C=O) groups excluding carboxylic acids is 1. The van der Waals surface area contributed by atoms with Crippen molar-refractivity contribution in [2.75, 3.05) is 6.61 Å². The number of hydrogen-bond donors (Lipinski definition) is 1. The molecule has 0 aromatic carbocycles. The Morgan fingerprint density at radius 3 is 2.47 bits per heavy atom. The zero-order valence-electron chi connectivity index (χ0n) is 10.5. The summed E-state index contributed by atoms with van der Waals surface area (Å²) < 4.78 is 4.80. The van der Waals surface area contributed by atoms with E-state index in [1.54, 1.807) is 6.92 Å². The summed E-state index contributed by atoms with van der Waals surface area (Å²) in [5, 5.41) is 8.92. The fourth-order valence-corrected chi connectivity index (χ4v) is 1.51. The lowest BCUT2D eigenvalue weighted by atomic mass is 10.1. The molecule has 0 saturated carbocycles. The molecule has 90 valence electrons. The van der Waals surface area contributed by atoms with E-state index in [9.17, 15) is 4.79 Å². The number of hydrogen-bond acceptors (Lipinski definition) is 3. The first-order valence-electron chi connectivity index (χ1n) is 5.45. The number of nitrogens with zero attached hydrogens (tertiary/aromatic N) is 1. The van der Waals surface area contributed by atoms with E-state index in [1.807, 2.05) is 26.8 Å². The first-order valence-corrected chi connectivity index (χ1v) is 5.45. The SMILES string of the molecule is CCOC(=O)/C(C#N)=C\c1[nH]c(C)c(C)c1C. The molecule has 4 nitrogen and oxygen atoms in total. The van der Waals surface area contributed by atoms with Gasteiger partial charge >= 0.3 is 5.97 Å². The van der Waals surface area contributed by atoms with E-state index in [-0.39, 0.29) is 12.2 Å². The number of ether oxygens (including phenoxy) is 1. The van der Waals surface area contributed by atoms with Crippen LogP contribution in [0.3, 0.4) is 0 Å². The van der Waals surface area contributed by atoms with E-state index < -0.39 is 5.97 Å². The fraction of sp³-hybridized carbons (Fsp3) is 0.385. The summed E-state index contributed by atoms with van der Waals surface area (Å²) in [4.78, 5) is 14.6. The summed E-state index contributed by atoms with van der Waals surface area (Å²) in [6, 6.07) is 1.86. The average Bonchev–Trinajstić information content (AvgIpc) is 2.54. The van der Waals surface area contributed by atoms with Gasteiger partial charge in [0.1, 0.15) is 11.6 Å². The van der Waals surface area contributed by atoms with Crippen molar-refractivity contribution in [2.45, 2.75) is 27.7 Å². The molecule has 0 aliphatic rings. The van der Waals surface area contributed by atoms with Crippen LogP contribution in [-0.2, 0) is 9.53 Å². The lowest BCUT2D eigenvalue weighted by Crippen LogP contribution is -2.06. The van der Waals surface area contributed by atoms with Crippen LogP contribution in [0.15, 0.2) is 5.57 Å². The molecule has 0 amide bonds. The molecule has 0 saturated heterocycles. The standard InChI is InChI=1S/C13H16N2O2/c1-5-17-13(16)11(7-14)6-12-9(3)8(2)10(4)15-12/h6,15H,5H2,1-4H3/b11-6-. The number of aromatic amines is 1. The number of carbonyl (C=O) groups is 1. The van der Waals surface area contributed by atoms with Crippen molar-refractivity contribution in [1.82, 2.24) is 4.98 Å². The molecule has 4 heteroatoms. The molecular formula is C13H16N2O2. The largest absolute Gasteiger partial charge is 0.462 e. The molecule has 0 aliphatic heterocycles. The predicted octanol–water partition coefficient (Wildman–Crippen LogP) is 2.41. The van der Waals surface area contributed by atoms with Gasteiger partial charge in [0.25, 0.3) is 0 Å². The Hall–Kier alpha value is -2.02. The van der Waals surface area contributed by atoms with Crippen LogP contribution in [0.4, 0.5) is 0 Å². The molecule has 0 spiro atoms. The molecule has 0 fully saturated rings. The molecule has 1 aromatic rings. The third kappa shape index (κ3) is 2.76. The maximum Gasteiger partial charge on any atom is 0.348 e. The van der Waals surface area contributed by atoms with E-state index in [4.69, 9.17) is 10.00 Å². The highest BCUT2D eigenvalue weighted by Crippen LogP contribution is 2.19. The number of esters is 1. The maximum atomic E-state index is 11.5. The van der Waals surface area contributed by atoms with Crippen molar-refractivity contribution >= 4 is 12.0 Å². The van der Waals surface area contributed by atoms with Gasteiger partial charge in [0.05, 0.1) is 6.61 Å². The maximum absolute atomic E-state index is 11.5. The molecule has 0 atom stereocenters. The van der Waals surface area contributed by atoms with Gasteiger partial charge in [0.15, 0.2) is 0 Å². The van der Waals surface area contributed by atoms with E-state index >= 15 is 0 Å². The van der Waals surface area contributed by atoms with Crippen LogP contribution >= 0.6 is 0 Å². The van der Waals surface area contributed by atoms with Gasteiger partial charge in [0.2, 0.25) is 0 Å². The third-order valence-corrected chi connectivity index (χ3v) is 2.76. The summed E-state index contributed by atoms with van der Waals surface area (Å²) in [7, 11) is 0. The van der Waals surface area contributed by atoms with Crippen LogP contribution in [0.1, 0.15) is 29.4 Å². The Morgan fingerprint density at radius 1 is 1.41 bits per heavy atom. The molecule has 1 heterocycles. The van der Waals surface area contributed by atoms with E-state index in [1.165, 1.54) is 6.08 Å². The second-order valence-corrected chi connectivity index (χ2v) is 3.80. The number of aryl methyl sites for hydroxylation is 1. The van der Waals surface area contributed by atoms with Crippen LogP contribution in [0.5, 0.6) is 0 Å². The van der Waals surface area contributed by atoms with Gasteiger partial charge in [-0.2, -0.15) is 5.26 Å². The highest BCUT2D eigenvalue weighted by atomic mass is 16.5. The minimum Gasteiger partial charge on any atom is -0.462 e. The van der Waals surface area contributed by atoms with Gasteiger partial charge in [-0.15, -0.1) is 0 Å². The van der Waals surface area contributed by atoms with Crippen molar-refractivity contribution in [2.24, 2.45) is 0 Å². The van der Waals surface area contributed by atoms with Crippen molar-refractivity contribution < 1.29 is 9.53 Å². The van der Waals surface area contributed by atoms with E-state index in [0.717, 1.165) is 22.5 Å². The summed E-state index contributed by atoms with van der Waals surface area (Å²) in [5.41, 5.74) is 4.01. The Bertz CT molecular complexity index is 504. The molecule has 0 unspecified atom stereocenters. The van der Waals surface area contributed by atoms with Crippen LogP contribution < -0.4 is 0 Å². The van der Waals surface area contributed by atoms with Crippen LogP contribution in [0.2, 0.25) is 0 Å². The van der Waals surface area contributed by atoms with Gasteiger partial charge in [-0.3, -0.25) is 0 Å². The first kappa shape index (κ1) is 13.0. The van der Waals surface area contributed by atoms with Gasteiger partial charge in [-0.05, 0) is 44.9 Å². The van der Waals surface area contributed by atoms with Crippen LogP contribution in [0.25, 0.3) is 6.08 Å². The summed E-state index contributed by atoms with van der Waals surface area (Å²) in [6.07, 6.45) is 1.54. The lowest BCUT2D eigenvalue weighted by molar-refractivity contribution is -0.137. The number of rotatable bonds is 3. The smallest absolute Gasteiger partial charge is 0.348 e. The van der Waals surface area contributed by atoms with Gasteiger partial charge < -0.3 is 9.72 Å². The van der Waals surface area contributed by atoms with Crippen LogP contribution in [0, 0.1) is 32.1 Å². The minimum absolute atomic E-state index is 0.0104. The second-order valence-electron chi connectivity index (χ2n) is 3.80. The quantitative estimate of drug-likeness (QED) is 0.494. The summed E-state index contributed by atoms with van der Waals surface area (Å²) >= 11 is 0. The molecule has 17 heavy (non-hydrogen) atoms. The molecular weight excluding hydrogens is 216 g/mol. The zero-order chi connectivity index (χ0) is 13.0. The first-order chi connectivity index (χ1) is 8.01. The van der Waals surface area contributed by atoms with Crippen molar-refractivity contribution in [3.63, 3.8) is 0 Å². The van der Waals surface area contributed by atoms with Crippen molar-refractivity contribution in [3.05, 3.63) is 28.1 Å². The Labute approximate surface area is 101 Å². The van der Waals surface area contributed by atoms with Gasteiger partial charge in [0, 0.05) is 11.4 Å². The summed E-state index contributed by atoms with van der Waals surface area (Å²) in [5.74, 6) is -0.584. The molecule has 1 N–H and O–H groups in total. The van der Waals surface area contributed by atoms with Crippen molar-refractivity contribution in [1.29, 1.82) is 5.26 Å². The van der Waals surface area contributed by atoms with Gasteiger partial charge in [-0.25, -0.2) is 4.79 Å². The topological polar surface area (TPSA) is 65.9 Å². The van der Waals surface area contributed by atoms with Crippen molar-refractivity contribution in [3.8, 4) is 6.07 Å². The normalized spacial score (nSPS) is 11.1. The second kappa shape index (κ2) is 5.35. The fourth-order valence-electron chi connectivity index (χ4n) is 1.51. The molecule has 0 bridgehead atoms. The lowest BCUT2D eigenvalue weighted by Gasteiger charge is -1.99. The predicted molar refractivity (Wildman–Crippen MR) is 65.2 cm³/mol. The van der Waals surface area contributed by atoms with E-state index in [0.29, 0.717) is 0 Å². The Kier molecular flexibility index (Phi) is 4.11. The van der Waals surface area contributed by atoms with Crippen LogP contribution in [-0.4, -0.2) is 17.6 Å². The van der Waals surface area contributed by atoms with E-state index in [2.05, 4.69) is 4.98 Å². The highest BCUT2D eigenvalue weighted by molar-refractivity contribution is 5.97. The summed E-state index contributed by atoms with van der Waals surface area (Å²) in [6.45, 7) is 7.87. The average molecular weight is 232 g/mol. The third-order valence-electron chi connectivity index (χ3n) is 2.76. The molecule has 1 aromatic heterocycles. The number of nitriles is 1. The molecule has 1 rings (SSSR count). The minimum atomic E-state index is -0.584. The number of aromatic nitrogens is 1. The number of nitrogens with one attached hydrogen (secondary N) is 1. The number of H-pyrrole nitrogens is 1. The zero-order valence-corrected chi connectivity index (χ0v) is 10.5. The molecule has 0 radical (unpaired) electrons. The molecule has 0 aliphatic carbocycles. The van der Waals surface area contributed by atoms with Gasteiger partial charge in [-0.1, -0.05) is 0 Å². The Balaban J connectivity index is 3.12. The monoisotopic (exact) mass is 232 g/mol.